The van der Waals surface area contributed by atoms with Gasteiger partial charge in [-0.2, -0.15) is 0 Å². The summed E-state index contributed by atoms with van der Waals surface area (Å²) >= 11 is 0. The number of aliphatic hydroxyl groups is 2. The van der Waals surface area contributed by atoms with Crippen LogP contribution < -0.4 is 0 Å². The van der Waals surface area contributed by atoms with Crippen molar-refractivity contribution in [1.82, 2.24) is 0 Å². The van der Waals surface area contributed by atoms with E-state index in [1.807, 2.05) is 0 Å². The van der Waals surface area contributed by atoms with Gasteiger partial charge >= 0.3 is 0 Å². The number of hydrogen-bond donors (Lipinski definition) is 2. The Hall–Kier alpha value is -0.340. The largest absolute Gasteiger partial charge is 0.396 e. The van der Waals surface area contributed by atoms with Crippen LogP contribution in [-0.2, 0) is 0 Å². The summed E-state index contributed by atoms with van der Waals surface area (Å²) in [4.78, 5) is 0. The highest BCUT2D eigenvalue weighted by atomic mass is 16.3. The van der Waals surface area contributed by atoms with Crippen LogP contribution in [0.2, 0.25) is 0 Å². The molecule has 0 aliphatic rings. The van der Waals surface area contributed by atoms with Crippen molar-refractivity contribution in [3.63, 3.8) is 0 Å². The number of aliphatic hydroxyl groups excluding tert-OH is 1. The fourth-order valence-electron chi connectivity index (χ4n) is 0.441. The molecule has 0 heterocycles. The van der Waals surface area contributed by atoms with Gasteiger partial charge in [0.15, 0.2) is 0 Å². The lowest BCUT2D eigenvalue weighted by molar-refractivity contribution is 0.112. The lowest BCUT2D eigenvalue weighted by atomic mass is 9.98. The maximum absolute atomic E-state index is 9.21. The zero-order valence-corrected chi connectivity index (χ0v) is 6.02. The van der Waals surface area contributed by atoms with Crippen LogP contribution in [0.1, 0.15) is 20.3 Å². The molecule has 0 rings (SSSR count). The smallest absolute Gasteiger partial charge is 0.0798 e. The van der Waals surface area contributed by atoms with E-state index >= 15 is 0 Å². The second kappa shape index (κ2) is 2.99. The predicted molar refractivity (Wildman–Crippen MR) is 37.1 cm³/mol. The van der Waals surface area contributed by atoms with Crippen LogP contribution in [0.5, 0.6) is 0 Å². The van der Waals surface area contributed by atoms with Gasteiger partial charge in [0.05, 0.1) is 5.60 Å². The molecule has 0 saturated heterocycles. The van der Waals surface area contributed by atoms with E-state index in [9.17, 15) is 5.11 Å². The Labute approximate surface area is 55.8 Å². The maximum atomic E-state index is 9.21. The highest BCUT2D eigenvalue weighted by Crippen LogP contribution is 2.15. The molecule has 0 spiro atoms. The molecule has 2 heteroatoms. The van der Waals surface area contributed by atoms with Crippen LogP contribution in [0.3, 0.4) is 0 Å². The minimum atomic E-state index is -0.845. The second-order valence-electron chi connectivity index (χ2n) is 2.64. The number of hydrogen-bond acceptors (Lipinski definition) is 2. The molecule has 0 bridgehead atoms. The molecule has 9 heavy (non-hydrogen) atoms. The molecule has 0 amide bonds. The van der Waals surface area contributed by atoms with Gasteiger partial charge in [-0.1, -0.05) is 6.58 Å². The summed E-state index contributed by atoms with van der Waals surface area (Å²) in [5.41, 5.74) is -0.173. The van der Waals surface area contributed by atoms with Crippen LogP contribution >= 0.6 is 0 Å². The van der Waals surface area contributed by atoms with Crippen LogP contribution in [0.25, 0.3) is 0 Å². The average molecular weight is 130 g/mol. The average Bonchev–Trinajstić information content (AvgIpc) is 1.64. The molecule has 0 aromatic rings. The Morgan fingerprint density at radius 1 is 1.56 bits per heavy atom. The minimum absolute atomic E-state index is 0.0584. The van der Waals surface area contributed by atoms with E-state index in [4.69, 9.17) is 5.11 Å². The topological polar surface area (TPSA) is 40.5 Å². The molecule has 0 fully saturated rings. The Kier molecular flexibility index (Phi) is 2.88. The van der Waals surface area contributed by atoms with E-state index in [1.54, 1.807) is 13.8 Å². The van der Waals surface area contributed by atoms with Crippen LogP contribution in [0.4, 0.5) is 0 Å². The summed E-state index contributed by atoms with van der Waals surface area (Å²) in [6.07, 6.45) is 0.476. The third kappa shape index (κ3) is 3.27. The minimum Gasteiger partial charge on any atom is -0.396 e. The standard InChI is InChI=1S/C7H14O2/c1-6(4-5-8)7(2,3)9/h8-9H,1,4-5H2,2-3H3. The normalized spacial score (nSPS) is 11.6. The van der Waals surface area contributed by atoms with Gasteiger partial charge in [-0.3, -0.25) is 0 Å². The van der Waals surface area contributed by atoms with Crippen LogP contribution in [-0.4, -0.2) is 22.4 Å². The summed E-state index contributed by atoms with van der Waals surface area (Å²) in [5.74, 6) is 0. The first-order valence-corrected chi connectivity index (χ1v) is 3.00. The van der Waals surface area contributed by atoms with Crippen molar-refractivity contribution in [3.8, 4) is 0 Å². The number of rotatable bonds is 3. The van der Waals surface area contributed by atoms with E-state index in [0.717, 1.165) is 0 Å². The van der Waals surface area contributed by atoms with Gasteiger partial charge in [0.25, 0.3) is 0 Å². The molecule has 0 radical (unpaired) electrons. The van der Waals surface area contributed by atoms with Crippen molar-refractivity contribution >= 4 is 0 Å². The Morgan fingerprint density at radius 3 is 2.11 bits per heavy atom. The first kappa shape index (κ1) is 8.66. The Bertz CT molecular complexity index is 100.0. The van der Waals surface area contributed by atoms with Crippen molar-refractivity contribution in [2.24, 2.45) is 0 Å². The molecule has 0 aliphatic carbocycles. The summed E-state index contributed by atoms with van der Waals surface area (Å²) in [7, 11) is 0. The van der Waals surface area contributed by atoms with Crippen molar-refractivity contribution in [3.05, 3.63) is 12.2 Å². The summed E-state index contributed by atoms with van der Waals surface area (Å²) in [6.45, 7) is 6.98. The van der Waals surface area contributed by atoms with E-state index in [1.165, 1.54) is 0 Å². The molecule has 54 valence electrons. The van der Waals surface area contributed by atoms with Crippen LogP contribution in [0, 0.1) is 0 Å². The van der Waals surface area contributed by atoms with Gasteiger partial charge in [0, 0.05) is 6.61 Å². The van der Waals surface area contributed by atoms with Crippen LogP contribution in [0.15, 0.2) is 12.2 Å². The van der Waals surface area contributed by atoms with Gasteiger partial charge in [-0.15, -0.1) is 0 Å². The molecule has 2 nitrogen and oxygen atoms in total. The van der Waals surface area contributed by atoms with Crippen molar-refractivity contribution < 1.29 is 10.2 Å². The molecule has 0 atom stereocenters. The molecular weight excluding hydrogens is 116 g/mol. The van der Waals surface area contributed by atoms with Gasteiger partial charge in [-0.25, -0.2) is 0 Å². The van der Waals surface area contributed by atoms with Gasteiger partial charge in [-0.05, 0) is 25.8 Å². The highest BCUT2D eigenvalue weighted by Gasteiger charge is 2.15. The third-order valence-electron chi connectivity index (χ3n) is 1.28. The summed E-state index contributed by atoms with van der Waals surface area (Å²) in [6, 6.07) is 0. The maximum Gasteiger partial charge on any atom is 0.0798 e. The first-order valence-electron chi connectivity index (χ1n) is 3.00. The van der Waals surface area contributed by atoms with E-state index in [0.29, 0.717) is 12.0 Å². The third-order valence-corrected chi connectivity index (χ3v) is 1.28. The van der Waals surface area contributed by atoms with Gasteiger partial charge < -0.3 is 10.2 Å². The molecule has 2 N–H and O–H groups in total. The zero-order chi connectivity index (χ0) is 7.49. The molecule has 0 saturated carbocycles. The van der Waals surface area contributed by atoms with Crippen molar-refractivity contribution in [2.45, 2.75) is 25.9 Å². The molecular formula is C7H14O2. The Morgan fingerprint density at radius 2 is 2.00 bits per heavy atom. The monoisotopic (exact) mass is 130 g/mol. The second-order valence-corrected chi connectivity index (χ2v) is 2.64. The first-order chi connectivity index (χ1) is 3.98. The van der Waals surface area contributed by atoms with E-state index < -0.39 is 5.60 Å². The van der Waals surface area contributed by atoms with Gasteiger partial charge in [0.2, 0.25) is 0 Å². The van der Waals surface area contributed by atoms with Gasteiger partial charge in [0.1, 0.15) is 0 Å². The summed E-state index contributed by atoms with van der Waals surface area (Å²) < 4.78 is 0. The fourth-order valence-corrected chi connectivity index (χ4v) is 0.441. The lowest BCUT2D eigenvalue weighted by Gasteiger charge is -2.19. The fraction of sp³-hybridized carbons (Fsp3) is 0.714. The molecule has 0 unspecified atom stereocenters. The van der Waals surface area contributed by atoms with Crippen molar-refractivity contribution in [1.29, 1.82) is 0 Å². The molecule has 0 aromatic heterocycles. The quantitative estimate of drug-likeness (QED) is 0.552. The summed E-state index contributed by atoms with van der Waals surface area (Å²) in [5, 5.41) is 17.6. The Balaban J connectivity index is 3.74. The lowest BCUT2D eigenvalue weighted by Crippen LogP contribution is -2.21. The molecule has 0 aliphatic heterocycles. The molecule has 0 aromatic carbocycles. The van der Waals surface area contributed by atoms with E-state index in [-0.39, 0.29) is 6.61 Å². The highest BCUT2D eigenvalue weighted by molar-refractivity contribution is 5.07. The van der Waals surface area contributed by atoms with Crippen molar-refractivity contribution in [2.75, 3.05) is 6.61 Å². The van der Waals surface area contributed by atoms with E-state index in [2.05, 4.69) is 6.58 Å². The SMILES string of the molecule is C=C(CCO)C(C)(C)O. The predicted octanol–water partition coefficient (Wildman–Crippen LogP) is 0.696. The zero-order valence-electron chi connectivity index (χ0n) is 6.02.